The van der Waals surface area contributed by atoms with Crippen molar-refractivity contribution in [3.8, 4) is 12.3 Å². The molecular formula is C9H8BrNO. The maximum absolute atomic E-state index is 9.50. The van der Waals surface area contributed by atoms with Crippen LogP contribution in [0.2, 0.25) is 0 Å². The second-order valence-electron chi connectivity index (χ2n) is 2.32. The smallest absolute Gasteiger partial charge is 0.0911 e. The van der Waals surface area contributed by atoms with Crippen LogP contribution < -0.4 is 0 Å². The van der Waals surface area contributed by atoms with E-state index in [1.54, 1.807) is 18.5 Å². The third kappa shape index (κ3) is 2.07. The highest BCUT2D eigenvalue weighted by Crippen LogP contribution is 2.23. The van der Waals surface area contributed by atoms with Crippen LogP contribution in [0.3, 0.4) is 0 Å². The van der Waals surface area contributed by atoms with Crippen LogP contribution in [0.25, 0.3) is 0 Å². The number of halogens is 1. The molecule has 0 aliphatic carbocycles. The van der Waals surface area contributed by atoms with Gasteiger partial charge in [-0.25, -0.2) is 0 Å². The van der Waals surface area contributed by atoms with E-state index >= 15 is 0 Å². The Balaban J connectivity index is 2.88. The van der Waals surface area contributed by atoms with Crippen molar-refractivity contribution in [2.45, 2.75) is 12.5 Å². The molecular weight excluding hydrogens is 218 g/mol. The predicted molar refractivity (Wildman–Crippen MR) is 50.3 cm³/mol. The quantitative estimate of drug-likeness (QED) is 0.781. The van der Waals surface area contributed by atoms with Crippen LogP contribution in [0.15, 0.2) is 22.9 Å². The van der Waals surface area contributed by atoms with Crippen LogP contribution in [0.4, 0.5) is 0 Å². The van der Waals surface area contributed by atoms with E-state index in [1.165, 1.54) is 0 Å². The van der Waals surface area contributed by atoms with E-state index in [1.807, 2.05) is 0 Å². The average Bonchev–Trinajstić information content (AvgIpc) is 2.05. The van der Waals surface area contributed by atoms with Gasteiger partial charge in [0.15, 0.2) is 0 Å². The Morgan fingerprint density at radius 2 is 2.50 bits per heavy atom. The lowest BCUT2D eigenvalue weighted by Crippen LogP contribution is -1.97. The fourth-order valence-electron chi connectivity index (χ4n) is 0.878. The van der Waals surface area contributed by atoms with Crippen LogP contribution in [0, 0.1) is 12.3 Å². The molecule has 0 bridgehead atoms. The van der Waals surface area contributed by atoms with Crippen LogP contribution in [-0.2, 0) is 0 Å². The lowest BCUT2D eigenvalue weighted by Gasteiger charge is -2.08. The van der Waals surface area contributed by atoms with Gasteiger partial charge in [0, 0.05) is 23.3 Å². The van der Waals surface area contributed by atoms with Gasteiger partial charge in [0.2, 0.25) is 0 Å². The number of aliphatic hydroxyl groups is 1. The molecule has 1 rings (SSSR count). The van der Waals surface area contributed by atoms with Crippen molar-refractivity contribution in [3.63, 3.8) is 0 Å². The number of aromatic nitrogens is 1. The van der Waals surface area contributed by atoms with Crippen molar-refractivity contribution in [3.05, 3.63) is 28.5 Å². The summed E-state index contributed by atoms with van der Waals surface area (Å²) < 4.78 is 0.785. The molecule has 0 saturated heterocycles. The number of rotatable bonds is 2. The van der Waals surface area contributed by atoms with E-state index < -0.39 is 6.10 Å². The maximum Gasteiger partial charge on any atom is 0.0911 e. The molecule has 1 aromatic heterocycles. The van der Waals surface area contributed by atoms with Crippen LogP contribution >= 0.6 is 15.9 Å². The Hall–Kier alpha value is -0.850. The predicted octanol–water partition coefficient (Wildman–Crippen LogP) is 1.90. The SMILES string of the molecule is C#CCC(O)c1ccncc1Br. The summed E-state index contributed by atoms with van der Waals surface area (Å²) in [7, 11) is 0. The number of hydrogen-bond donors (Lipinski definition) is 1. The highest BCUT2D eigenvalue weighted by atomic mass is 79.9. The first kappa shape index (κ1) is 9.24. The van der Waals surface area contributed by atoms with Crippen molar-refractivity contribution < 1.29 is 5.11 Å². The molecule has 1 atom stereocenters. The summed E-state index contributed by atoms with van der Waals surface area (Å²) in [6.45, 7) is 0. The third-order valence-corrected chi connectivity index (χ3v) is 2.14. The highest BCUT2D eigenvalue weighted by Gasteiger charge is 2.08. The van der Waals surface area contributed by atoms with Gasteiger partial charge in [-0.3, -0.25) is 4.98 Å². The molecule has 0 aliphatic heterocycles. The van der Waals surface area contributed by atoms with Gasteiger partial charge in [-0.1, -0.05) is 0 Å². The molecule has 3 heteroatoms. The van der Waals surface area contributed by atoms with E-state index in [4.69, 9.17) is 6.42 Å². The van der Waals surface area contributed by atoms with Crippen molar-refractivity contribution >= 4 is 15.9 Å². The Kier molecular flexibility index (Phi) is 3.27. The number of hydrogen-bond acceptors (Lipinski definition) is 2. The third-order valence-electron chi connectivity index (χ3n) is 1.47. The van der Waals surface area contributed by atoms with Gasteiger partial charge >= 0.3 is 0 Å². The van der Waals surface area contributed by atoms with Gasteiger partial charge in [0.05, 0.1) is 6.10 Å². The van der Waals surface area contributed by atoms with Crippen molar-refractivity contribution in [2.75, 3.05) is 0 Å². The fourth-order valence-corrected chi connectivity index (χ4v) is 1.39. The summed E-state index contributed by atoms with van der Waals surface area (Å²) in [5.74, 6) is 2.40. The topological polar surface area (TPSA) is 33.1 Å². The first-order valence-electron chi connectivity index (χ1n) is 3.46. The number of nitrogens with zero attached hydrogens (tertiary/aromatic N) is 1. The maximum atomic E-state index is 9.50. The summed E-state index contributed by atoms with van der Waals surface area (Å²) in [6, 6.07) is 1.74. The summed E-state index contributed by atoms with van der Waals surface area (Å²) in [6.07, 6.45) is 8.05. The van der Waals surface area contributed by atoms with Gasteiger partial charge in [0.25, 0.3) is 0 Å². The normalized spacial score (nSPS) is 12.1. The molecule has 0 aliphatic rings. The summed E-state index contributed by atoms with van der Waals surface area (Å²) in [5.41, 5.74) is 0.781. The first-order chi connectivity index (χ1) is 5.75. The van der Waals surface area contributed by atoms with Crippen molar-refractivity contribution in [1.29, 1.82) is 0 Å². The van der Waals surface area contributed by atoms with Crippen molar-refractivity contribution in [2.24, 2.45) is 0 Å². The first-order valence-corrected chi connectivity index (χ1v) is 4.26. The second kappa shape index (κ2) is 4.24. The van der Waals surface area contributed by atoms with E-state index in [-0.39, 0.29) is 0 Å². The summed E-state index contributed by atoms with van der Waals surface area (Å²) >= 11 is 3.28. The van der Waals surface area contributed by atoms with E-state index in [0.717, 1.165) is 10.0 Å². The molecule has 62 valence electrons. The largest absolute Gasteiger partial charge is 0.387 e. The molecule has 0 spiro atoms. The minimum atomic E-state index is -0.604. The van der Waals surface area contributed by atoms with Gasteiger partial charge < -0.3 is 5.11 Å². The Labute approximate surface area is 79.8 Å². The monoisotopic (exact) mass is 225 g/mol. The van der Waals surface area contributed by atoms with Crippen LogP contribution in [0.1, 0.15) is 18.1 Å². The van der Waals surface area contributed by atoms with Gasteiger partial charge in [0.1, 0.15) is 0 Å². The van der Waals surface area contributed by atoms with Gasteiger partial charge in [-0.05, 0) is 27.6 Å². The zero-order valence-corrected chi connectivity index (χ0v) is 7.95. The molecule has 0 saturated carbocycles. The standard InChI is InChI=1S/C9H8BrNO/c1-2-3-9(12)7-4-5-11-6-8(7)10/h1,4-6,9,12H,3H2. The zero-order chi connectivity index (χ0) is 8.97. The summed E-state index contributed by atoms with van der Waals surface area (Å²) in [5, 5.41) is 9.50. The lowest BCUT2D eigenvalue weighted by molar-refractivity contribution is 0.183. The number of terminal acetylenes is 1. The number of aliphatic hydroxyl groups excluding tert-OH is 1. The molecule has 0 amide bonds. The molecule has 2 nitrogen and oxygen atoms in total. The Morgan fingerprint density at radius 1 is 1.75 bits per heavy atom. The number of pyridine rings is 1. The average molecular weight is 226 g/mol. The molecule has 1 unspecified atom stereocenters. The van der Waals surface area contributed by atoms with E-state index in [0.29, 0.717) is 6.42 Å². The van der Waals surface area contributed by atoms with Crippen molar-refractivity contribution in [1.82, 2.24) is 4.98 Å². The molecule has 1 N–H and O–H groups in total. The zero-order valence-electron chi connectivity index (χ0n) is 6.37. The van der Waals surface area contributed by atoms with E-state index in [9.17, 15) is 5.11 Å². The minimum Gasteiger partial charge on any atom is -0.387 e. The van der Waals surface area contributed by atoms with Crippen LogP contribution in [-0.4, -0.2) is 10.1 Å². The highest BCUT2D eigenvalue weighted by molar-refractivity contribution is 9.10. The van der Waals surface area contributed by atoms with E-state index in [2.05, 4.69) is 26.8 Å². The van der Waals surface area contributed by atoms with Crippen LogP contribution in [0.5, 0.6) is 0 Å². The van der Waals surface area contributed by atoms with Gasteiger partial charge in [-0.15, -0.1) is 12.3 Å². The molecule has 0 fully saturated rings. The minimum absolute atomic E-state index is 0.322. The second-order valence-corrected chi connectivity index (χ2v) is 3.18. The summed E-state index contributed by atoms with van der Waals surface area (Å²) in [4.78, 5) is 3.88. The van der Waals surface area contributed by atoms with Gasteiger partial charge in [-0.2, -0.15) is 0 Å². The molecule has 1 heterocycles. The Bertz CT molecular complexity index is 306. The Morgan fingerprint density at radius 3 is 3.08 bits per heavy atom. The fraction of sp³-hybridized carbons (Fsp3) is 0.222. The molecule has 0 aromatic carbocycles. The molecule has 1 aromatic rings. The lowest BCUT2D eigenvalue weighted by atomic mass is 10.1. The molecule has 12 heavy (non-hydrogen) atoms. The molecule has 0 radical (unpaired) electrons.